The second-order valence-electron chi connectivity index (χ2n) is 8.34. The van der Waals surface area contributed by atoms with Gasteiger partial charge in [0.25, 0.3) is 0 Å². The minimum absolute atomic E-state index is 0.260. The van der Waals surface area contributed by atoms with E-state index in [2.05, 4.69) is 25.6 Å². The number of alkyl halides is 3. The summed E-state index contributed by atoms with van der Waals surface area (Å²) in [7, 11) is 0. The summed E-state index contributed by atoms with van der Waals surface area (Å²) in [5.74, 6) is -0.272. The van der Waals surface area contributed by atoms with E-state index in [9.17, 15) is 18.0 Å². The molecular weight excluding hydrogens is 459 g/mol. The molecule has 3 N–H and O–H groups in total. The summed E-state index contributed by atoms with van der Waals surface area (Å²) in [5, 5.41) is 13.5. The molecule has 0 saturated carbocycles. The highest BCUT2D eigenvalue weighted by molar-refractivity contribution is 6.00. The van der Waals surface area contributed by atoms with Gasteiger partial charge in [0.15, 0.2) is 0 Å². The number of benzene rings is 3. The van der Waals surface area contributed by atoms with E-state index in [0.29, 0.717) is 30.9 Å². The number of aromatic amines is 1. The quantitative estimate of drug-likeness (QED) is 0.365. The molecule has 1 aromatic heterocycles. The number of anilines is 2. The molecule has 10 heteroatoms. The summed E-state index contributed by atoms with van der Waals surface area (Å²) in [4.78, 5) is 14.8. The highest BCUT2D eigenvalue weighted by atomic mass is 19.4. The molecular formula is C25H22F3N5O2. The summed E-state index contributed by atoms with van der Waals surface area (Å²) in [6.07, 6.45) is -2.66. The first-order chi connectivity index (χ1) is 16.8. The Labute approximate surface area is 198 Å². The molecule has 180 valence electrons. The van der Waals surface area contributed by atoms with Gasteiger partial charge < -0.3 is 20.3 Å². The molecule has 4 aromatic rings. The third kappa shape index (κ3) is 5.32. The maximum atomic E-state index is 12.8. The van der Waals surface area contributed by atoms with Gasteiger partial charge in [-0.25, -0.2) is 4.79 Å². The van der Waals surface area contributed by atoms with Crippen LogP contribution in [0.1, 0.15) is 11.1 Å². The number of halogens is 3. The number of H-pyrrole nitrogens is 1. The van der Waals surface area contributed by atoms with Crippen LogP contribution in [0, 0.1) is 0 Å². The third-order valence-electron chi connectivity index (χ3n) is 5.82. The first kappa shape index (κ1) is 22.6. The van der Waals surface area contributed by atoms with Crippen LogP contribution in [0.2, 0.25) is 0 Å². The fourth-order valence-corrected chi connectivity index (χ4v) is 4.37. The number of nitrogens with one attached hydrogen (secondary N) is 3. The third-order valence-corrected chi connectivity index (χ3v) is 5.82. The lowest BCUT2D eigenvalue weighted by Gasteiger charge is -2.37. The number of carbonyl (C=O) groups excluding carboxylic acids is 1. The molecule has 1 aliphatic heterocycles. The molecule has 0 aliphatic carbocycles. The maximum absolute atomic E-state index is 12.8. The zero-order chi connectivity index (χ0) is 24.4. The number of aromatic nitrogens is 2. The van der Waals surface area contributed by atoms with Gasteiger partial charge in [0.1, 0.15) is 5.75 Å². The minimum Gasteiger partial charge on any atom is -0.406 e. The maximum Gasteiger partial charge on any atom is 0.573 e. The first-order valence-electron chi connectivity index (χ1n) is 11.0. The van der Waals surface area contributed by atoms with Crippen LogP contribution in [-0.2, 0) is 13.0 Å². The fourth-order valence-electron chi connectivity index (χ4n) is 4.37. The molecule has 7 nitrogen and oxygen atoms in total. The largest absolute Gasteiger partial charge is 0.573 e. The Morgan fingerprint density at radius 1 is 1.11 bits per heavy atom. The number of hydrogen-bond donors (Lipinski definition) is 3. The number of hydrogen-bond acceptors (Lipinski definition) is 4. The van der Waals surface area contributed by atoms with Crippen molar-refractivity contribution >= 4 is 28.3 Å². The van der Waals surface area contributed by atoms with Crippen LogP contribution in [0.4, 0.5) is 29.3 Å². The molecule has 1 unspecified atom stereocenters. The molecule has 3 aromatic carbocycles. The summed E-state index contributed by atoms with van der Waals surface area (Å²) >= 11 is 0. The van der Waals surface area contributed by atoms with E-state index in [1.807, 2.05) is 47.4 Å². The molecule has 0 spiro atoms. The molecule has 35 heavy (non-hydrogen) atoms. The lowest BCUT2D eigenvalue weighted by atomic mass is 9.97. The Balaban J connectivity index is 1.36. The molecule has 1 atom stereocenters. The van der Waals surface area contributed by atoms with Crippen molar-refractivity contribution in [3.63, 3.8) is 0 Å². The Morgan fingerprint density at radius 2 is 1.94 bits per heavy atom. The number of amides is 2. The number of ether oxygens (including phenoxy) is 1. The van der Waals surface area contributed by atoms with Crippen molar-refractivity contribution in [1.29, 1.82) is 0 Å². The second kappa shape index (κ2) is 9.21. The van der Waals surface area contributed by atoms with Gasteiger partial charge in [-0.2, -0.15) is 5.10 Å². The van der Waals surface area contributed by atoms with E-state index in [1.165, 1.54) is 12.1 Å². The minimum atomic E-state index is -4.77. The molecule has 0 bridgehead atoms. The molecule has 0 saturated heterocycles. The lowest BCUT2D eigenvalue weighted by molar-refractivity contribution is -0.274. The summed E-state index contributed by atoms with van der Waals surface area (Å²) in [6, 6.07) is 18.8. The highest BCUT2D eigenvalue weighted by Gasteiger charge is 2.32. The van der Waals surface area contributed by atoms with Crippen LogP contribution in [-0.4, -0.2) is 35.2 Å². The van der Waals surface area contributed by atoms with Crippen LogP contribution in [0.15, 0.2) is 72.9 Å². The summed E-state index contributed by atoms with van der Waals surface area (Å²) < 4.78 is 42.5. The molecule has 5 rings (SSSR count). The molecule has 1 aliphatic rings. The Bertz CT molecular complexity index is 1340. The van der Waals surface area contributed by atoms with Crippen molar-refractivity contribution < 1.29 is 22.7 Å². The fraction of sp³-hybridized carbons (Fsp3) is 0.200. The normalized spacial score (nSPS) is 15.5. The zero-order valence-corrected chi connectivity index (χ0v) is 18.5. The SMILES string of the molecule is O=C(Nc1cccc2[nH]ncc12)NC1Cc2ccc(OC(F)(F)F)cc2N(Cc2ccccc2)C1. The van der Waals surface area contributed by atoms with Crippen molar-refractivity contribution in [3.05, 3.63) is 84.1 Å². The smallest absolute Gasteiger partial charge is 0.406 e. The highest BCUT2D eigenvalue weighted by Crippen LogP contribution is 2.34. The average Bonchev–Trinajstić information content (AvgIpc) is 3.29. The topological polar surface area (TPSA) is 82.3 Å². The van der Waals surface area contributed by atoms with Gasteiger partial charge in [-0.3, -0.25) is 5.10 Å². The van der Waals surface area contributed by atoms with E-state index < -0.39 is 6.36 Å². The van der Waals surface area contributed by atoms with Crippen molar-refractivity contribution in [3.8, 4) is 5.75 Å². The van der Waals surface area contributed by atoms with Gasteiger partial charge in [0.2, 0.25) is 0 Å². The predicted octanol–water partition coefficient (Wildman–Crippen LogP) is 5.21. The van der Waals surface area contributed by atoms with Crippen LogP contribution >= 0.6 is 0 Å². The zero-order valence-electron chi connectivity index (χ0n) is 18.5. The van der Waals surface area contributed by atoms with Crippen LogP contribution in [0.25, 0.3) is 10.9 Å². The number of rotatable bonds is 5. The van der Waals surface area contributed by atoms with Gasteiger partial charge in [-0.05, 0) is 35.7 Å². The van der Waals surface area contributed by atoms with Gasteiger partial charge in [0, 0.05) is 30.2 Å². The lowest BCUT2D eigenvalue weighted by Crippen LogP contribution is -2.49. The second-order valence-corrected chi connectivity index (χ2v) is 8.34. The van der Waals surface area contributed by atoms with Crippen LogP contribution < -0.4 is 20.3 Å². The van der Waals surface area contributed by atoms with Gasteiger partial charge in [0.05, 0.1) is 23.4 Å². The van der Waals surface area contributed by atoms with E-state index in [-0.39, 0.29) is 17.8 Å². The molecule has 2 heterocycles. The number of fused-ring (bicyclic) bond motifs is 2. The van der Waals surface area contributed by atoms with Crippen molar-refractivity contribution in [1.82, 2.24) is 15.5 Å². The Morgan fingerprint density at radius 3 is 2.74 bits per heavy atom. The monoisotopic (exact) mass is 481 g/mol. The van der Waals surface area contributed by atoms with Crippen LogP contribution in [0.5, 0.6) is 5.75 Å². The predicted molar refractivity (Wildman–Crippen MR) is 126 cm³/mol. The van der Waals surface area contributed by atoms with Crippen molar-refractivity contribution in [2.45, 2.75) is 25.4 Å². The van der Waals surface area contributed by atoms with E-state index in [4.69, 9.17) is 0 Å². The number of urea groups is 1. The average molecular weight is 481 g/mol. The van der Waals surface area contributed by atoms with Gasteiger partial charge in [-0.15, -0.1) is 13.2 Å². The Kier molecular flexibility index (Phi) is 5.94. The van der Waals surface area contributed by atoms with Crippen molar-refractivity contribution in [2.24, 2.45) is 0 Å². The molecule has 2 amide bonds. The van der Waals surface area contributed by atoms with E-state index >= 15 is 0 Å². The van der Waals surface area contributed by atoms with E-state index in [0.717, 1.165) is 22.0 Å². The molecule has 0 radical (unpaired) electrons. The standard InChI is InChI=1S/C25H22F3N5O2/c26-25(27,28)35-19-10-9-17-11-18(15-33(23(17)12-19)14-16-5-2-1-3-6-16)30-24(34)31-21-7-4-8-22-20(21)13-29-32-22/h1-10,12-13,18H,11,14-15H2,(H,29,32)(H2,30,31,34). The summed E-state index contributed by atoms with van der Waals surface area (Å²) in [5.41, 5.74) is 3.90. The summed E-state index contributed by atoms with van der Waals surface area (Å²) in [6.45, 7) is 0.887. The first-order valence-corrected chi connectivity index (χ1v) is 11.0. The van der Waals surface area contributed by atoms with Gasteiger partial charge >= 0.3 is 12.4 Å². The number of nitrogens with zero attached hydrogens (tertiary/aromatic N) is 2. The number of carbonyl (C=O) groups is 1. The van der Waals surface area contributed by atoms with E-state index in [1.54, 1.807) is 18.3 Å². The Hall–Kier alpha value is -4.21. The molecule has 0 fully saturated rings. The van der Waals surface area contributed by atoms with Gasteiger partial charge in [-0.1, -0.05) is 42.5 Å². The van der Waals surface area contributed by atoms with Crippen LogP contribution in [0.3, 0.4) is 0 Å². The van der Waals surface area contributed by atoms with Crippen molar-refractivity contribution in [2.75, 3.05) is 16.8 Å².